The third-order valence-electron chi connectivity index (χ3n) is 3.59. The first-order valence-corrected chi connectivity index (χ1v) is 7.81. The second-order valence-electron chi connectivity index (χ2n) is 5.33. The molecule has 2 aromatic rings. The smallest absolute Gasteiger partial charge is 0.0372 e. The van der Waals surface area contributed by atoms with E-state index in [2.05, 4.69) is 52.3 Å². The Bertz CT molecular complexity index is 534. The molecule has 0 radical (unpaired) electrons. The summed E-state index contributed by atoms with van der Waals surface area (Å²) < 4.78 is 0. The maximum Gasteiger partial charge on any atom is 0.0372 e. The molecular formula is C16H20N2S. The van der Waals surface area contributed by atoms with Crippen LogP contribution in [0.5, 0.6) is 0 Å². The highest BCUT2D eigenvalue weighted by molar-refractivity contribution is 7.07. The van der Waals surface area contributed by atoms with E-state index in [0.29, 0.717) is 0 Å². The van der Waals surface area contributed by atoms with Crippen molar-refractivity contribution in [1.29, 1.82) is 0 Å². The summed E-state index contributed by atoms with van der Waals surface area (Å²) >= 11 is 1.77. The maximum atomic E-state index is 3.47. The van der Waals surface area contributed by atoms with E-state index >= 15 is 0 Å². The van der Waals surface area contributed by atoms with Crippen molar-refractivity contribution in [3.8, 4) is 0 Å². The highest BCUT2D eigenvalue weighted by atomic mass is 32.1. The summed E-state index contributed by atoms with van der Waals surface area (Å²) in [4.78, 5) is 2.38. The molecule has 0 aliphatic carbocycles. The van der Waals surface area contributed by atoms with E-state index in [0.717, 1.165) is 19.6 Å². The Kier molecular flexibility index (Phi) is 3.85. The van der Waals surface area contributed by atoms with Gasteiger partial charge in [0.05, 0.1) is 0 Å². The van der Waals surface area contributed by atoms with Crippen molar-refractivity contribution >= 4 is 17.0 Å². The molecule has 1 N–H and O–H groups in total. The minimum absolute atomic E-state index is 1.02. The van der Waals surface area contributed by atoms with Gasteiger partial charge in [-0.1, -0.05) is 12.1 Å². The fourth-order valence-corrected chi connectivity index (χ4v) is 3.35. The van der Waals surface area contributed by atoms with Crippen LogP contribution in [0.15, 0.2) is 35.0 Å². The summed E-state index contributed by atoms with van der Waals surface area (Å²) in [5.41, 5.74) is 5.63. The van der Waals surface area contributed by atoms with Crippen LogP contribution in [0.3, 0.4) is 0 Å². The van der Waals surface area contributed by atoms with Gasteiger partial charge in [-0.3, -0.25) is 4.90 Å². The van der Waals surface area contributed by atoms with Gasteiger partial charge in [-0.2, -0.15) is 11.3 Å². The minimum atomic E-state index is 1.02. The quantitative estimate of drug-likeness (QED) is 0.912. The molecule has 0 saturated heterocycles. The number of fused-ring (bicyclic) bond motifs is 1. The number of hydrogen-bond donors (Lipinski definition) is 1. The number of nitrogens with one attached hydrogen (secondary N) is 1. The predicted octanol–water partition coefficient (Wildman–Crippen LogP) is 3.74. The molecule has 1 aromatic carbocycles. The first-order chi connectivity index (χ1) is 9.31. The fraction of sp³-hybridized carbons (Fsp3) is 0.375. The molecule has 100 valence electrons. The van der Waals surface area contributed by atoms with E-state index in [9.17, 15) is 0 Å². The van der Waals surface area contributed by atoms with E-state index in [1.165, 1.54) is 35.2 Å². The molecule has 1 aromatic heterocycles. The highest BCUT2D eigenvalue weighted by Gasteiger charge is 2.09. The molecular weight excluding hydrogens is 252 g/mol. The lowest BCUT2D eigenvalue weighted by molar-refractivity contribution is 0.319. The standard InChI is InChI=1S/C16H20N2S/c1-18(11-14-6-8-19-12-14)10-13-4-5-16-15(9-13)3-2-7-17-16/h4-6,8-9,12,17H,2-3,7,10-11H2,1H3. The van der Waals surface area contributed by atoms with Crippen molar-refractivity contribution in [2.45, 2.75) is 25.9 Å². The van der Waals surface area contributed by atoms with Gasteiger partial charge in [-0.05, 0) is 59.5 Å². The summed E-state index contributed by atoms with van der Waals surface area (Å²) in [6.07, 6.45) is 2.46. The van der Waals surface area contributed by atoms with Crippen molar-refractivity contribution in [2.75, 3.05) is 18.9 Å². The molecule has 1 aliphatic heterocycles. The first-order valence-electron chi connectivity index (χ1n) is 6.86. The molecule has 3 heteroatoms. The monoisotopic (exact) mass is 272 g/mol. The van der Waals surface area contributed by atoms with Crippen LogP contribution in [-0.2, 0) is 19.5 Å². The molecule has 0 spiro atoms. The molecule has 0 saturated carbocycles. The van der Waals surface area contributed by atoms with Crippen molar-refractivity contribution in [2.24, 2.45) is 0 Å². The van der Waals surface area contributed by atoms with Crippen molar-refractivity contribution in [1.82, 2.24) is 4.90 Å². The van der Waals surface area contributed by atoms with Gasteiger partial charge in [0, 0.05) is 25.3 Å². The van der Waals surface area contributed by atoms with Gasteiger partial charge in [-0.25, -0.2) is 0 Å². The molecule has 0 amide bonds. The Hall–Kier alpha value is -1.32. The summed E-state index contributed by atoms with van der Waals surface area (Å²) in [6.45, 7) is 3.16. The Morgan fingerprint density at radius 2 is 2.11 bits per heavy atom. The van der Waals surface area contributed by atoms with E-state index in [1.54, 1.807) is 11.3 Å². The fourth-order valence-electron chi connectivity index (χ4n) is 2.69. The Balaban J connectivity index is 1.66. The topological polar surface area (TPSA) is 15.3 Å². The number of hydrogen-bond acceptors (Lipinski definition) is 3. The van der Waals surface area contributed by atoms with Gasteiger partial charge in [0.2, 0.25) is 0 Å². The lowest BCUT2D eigenvalue weighted by Gasteiger charge is -2.21. The van der Waals surface area contributed by atoms with Crippen molar-refractivity contribution in [3.63, 3.8) is 0 Å². The lowest BCUT2D eigenvalue weighted by Crippen LogP contribution is -2.18. The minimum Gasteiger partial charge on any atom is -0.385 e. The molecule has 0 bridgehead atoms. The van der Waals surface area contributed by atoms with Crippen LogP contribution in [0.4, 0.5) is 5.69 Å². The van der Waals surface area contributed by atoms with Crippen LogP contribution in [-0.4, -0.2) is 18.5 Å². The number of aryl methyl sites for hydroxylation is 1. The molecule has 0 atom stereocenters. The lowest BCUT2D eigenvalue weighted by atomic mass is 10.0. The van der Waals surface area contributed by atoms with Crippen LogP contribution >= 0.6 is 11.3 Å². The average molecular weight is 272 g/mol. The van der Waals surface area contributed by atoms with Gasteiger partial charge >= 0.3 is 0 Å². The third-order valence-corrected chi connectivity index (χ3v) is 4.33. The summed E-state index contributed by atoms with van der Waals surface area (Å²) in [5, 5.41) is 7.84. The third kappa shape index (κ3) is 3.17. The molecule has 19 heavy (non-hydrogen) atoms. The van der Waals surface area contributed by atoms with Crippen molar-refractivity contribution in [3.05, 3.63) is 51.7 Å². The van der Waals surface area contributed by atoms with E-state index in [1.807, 2.05) is 0 Å². The highest BCUT2D eigenvalue weighted by Crippen LogP contribution is 2.23. The Morgan fingerprint density at radius 1 is 1.21 bits per heavy atom. The average Bonchev–Trinajstić information content (AvgIpc) is 2.91. The SMILES string of the molecule is CN(Cc1ccsc1)Cc1ccc2c(c1)CCCN2. The predicted molar refractivity (Wildman–Crippen MR) is 82.7 cm³/mol. The summed E-state index contributed by atoms with van der Waals surface area (Å²) in [6, 6.07) is 9.06. The van der Waals surface area contributed by atoms with Crippen LogP contribution in [0.25, 0.3) is 0 Å². The van der Waals surface area contributed by atoms with Crippen LogP contribution in [0.1, 0.15) is 23.1 Å². The largest absolute Gasteiger partial charge is 0.385 e. The Morgan fingerprint density at radius 3 is 2.95 bits per heavy atom. The van der Waals surface area contributed by atoms with Crippen LogP contribution in [0.2, 0.25) is 0 Å². The summed E-state index contributed by atoms with van der Waals surface area (Å²) in [5.74, 6) is 0. The molecule has 2 heterocycles. The number of anilines is 1. The van der Waals surface area contributed by atoms with E-state index < -0.39 is 0 Å². The zero-order chi connectivity index (χ0) is 13.1. The number of benzene rings is 1. The van der Waals surface area contributed by atoms with Gasteiger partial charge in [0.25, 0.3) is 0 Å². The maximum absolute atomic E-state index is 3.47. The normalized spacial score (nSPS) is 14.2. The molecule has 3 rings (SSSR count). The van der Waals surface area contributed by atoms with Gasteiger partial charge in [0.15, 0.2) is 0 Å². The zero-order valence-electron chi connectivity index (χ0n) is 11.4. The Labute approximate surface area is 119 Å². The van der Waals surface area contributed by atoms with Crippen molar-refractivity contribution < 1.29 is 0 Å². The molecule has 0 fully saturated rings. The molecule has 1 aliphatic rings. The van der Waals surface area contributed by atoms with Crippen LogP contribution < -0.4 is 5.32 Å². The summed E-state index contributed by atoms with van der Waals surface area (Å²) in [7, 11) is 2.19. The van der Waals surface area contributed by atoms with Gasteiger partial charge < -0.3 is 5.32 Å². The van der Waals surface area contributed by atoms with Gasteiger partial charge in [0.1, 0.15) is 0 Å². The molecule has 2 nitrogen and oxygen atoms in total. The van der Waals surface area contributed by atoms with E-state index in [4.69, 9.17) is 0 Å². The second-order valence-corrected chi connectivity index (χ2v) is 6.11. The zero-order valence-corrected chi connectivity index (χ0v) is 12.2. The molecule has 0 unspecified atom stereocenters. The first kappa shape index (κ1) is 12.7. The number of nitrogens with zero attached hydrogens (tertiary/aromatic N) is 1. The number of rotatable bonds is 4. The number of thiophene rings is 1. The van der Waals surface area contributed by atoms with Crippen LogP contribution in [0, 0.1) is 0 Å². The van der Waals surface area contributed by atoms with E-state index in [-0.39, 0.29) is 0 Å². The van der Waals surface area contributed by atoms with Gasteiger partial charge in [-0.15, -0.1) is 0 Å². The second kappa shape index (κ2) is 5.76.